The minimum Gasteiger partial charge on any atom is -0.314 e. The number of fused-ring (bicyclic) bond motifs is 3. The number of likely N-dealkylation sites (N-methyl/N-ethyl adjacent to an activating group) is 1. The van der Waals surface area contributed by atoms with E-state index in [2.05, 4.69) is 34.4 Å². The highest BCUT2D eigenvalue weighted by Crippen LogP contribution is 2.49. The number of hydrogen-bond acceptors (Lipinski definition) is 3. The van der Waals surface area contributed by atoms with Crippen LogP contribution in [0.4, 0.5) is 0 Å². The van der Waals surface area contributed by atoms with Gasteiger partial charge in [-0.15, -0.1) is 11.3 Å². The first-order chi connectivity index (χ1) is 10.3. The van der Waals surface area contributed by atoms with E-state index in [1.165, 1.54) is 37.8 Å². The summed E-state index contributed by atoms with van der Waals surface area (Å²) in [6.45, 7) is 3.28. The lowest BCUT2D eigenvalue weighted by molar-refractivity contribution is 0.277. The lowest BCUT2D eigenvalue weighted by Gasteiger charge is -2.27. The molecule has 2 fully saturated rings. The summed E-state index contributed by atoms with van der Waals surface area (Å²) < 4.78 is 2.15. The molecule has 114 valence electrons. The maximum Gasteiger partial charge on any atom is 0.193 e. The van der Waals surface area contributed by atoms with Crippen molar-refractivity contribution in [3.8, 4) is 0 Å². The summed E-state index contributed by atoms with van der Waals surface area (Å²) in [6.07, 6.45) is 12.7. The topological polar surface area (TPSA) is 29.3 Å². The lowest BCUT2D eigenvalue weighted by Crippen LogP contribution is -2.34. The fraction of sp³-hybridized carbons (Fsp3) is 0.706. The Morgan fingerprint density at radius 2 is 2.38 bits per heavy atom. The minimum atomic E-state index is 0.601. The van der Waals surface area contributed by atoms with Crippen molar-refractivity contribution < 1.29 is 0 Å². The van der Waals surface area contributed by atoms with Crippen molar-refractivity contribution in [1.29, 1.82) is 0 Å². The van der Waals surface area contributed by atoms with Gasteiger partial charge in [-0.1, -0.05) is 13.3 Å². The number of rotatable bonds is 6. The molecule has 4 unspecified atom stereocenters. The third-order valence-electron chi connectivity index (χ3n) is 5.56. The molecule has 0 saturated heterocycles. The van der Waals surface area contributed by atoms with Gasteiger partial charge in [-0.25, -0.2) is 4.98 Å². The first-order valence-corrected chi connectivity index (χ1v) is 9.34. The summed E-state index contributed by atoms with van der Waals surface area (Å²) in [5.74, 6) is 3.05. The first kappa shape index (κ1) is 13.8. The summed E-state index contributed by atoms with van der Waals surface area (Å²) in [6, 6.07) is 0.601. The van der Waals surface area contributed by atoms with Crippen LogP contribution in [-0.2, 0) is 6.42 Å². The maximum atomic E-state index is 4.76. The monoisotopic (exact) mass is 303 g/mol. The predicted octanol–water partition coefficient (Wildman–Crippen LogP) is 3.74. The van der Waals surface area contributed by atoms with E-state index in [1.54, 1.807) is 11.3 Å². The molecule has 1 N–H and O–H groups in total. The van der Waals surface area contributed by atoms with Gasteiger partial charge in [-0.05, 0) is 50.0 Å². The van der Waals surface area contributed by atoms with Crippen LogP contribution in [0.2, 0.25) is 0 Å². The molecule has 0 amide bonds. The average molecular weight is 303 g/mol. The average Bonchev–Trinajstić information content (AvgIpc) is 3.17. The predicted molar refractivity (Wildman–Crippen MR) is 87.8 cm³/mol. The van der Waals surface area contributed by atoms with Gasteiger partial charge < -0.3 is 5.32 Å². The molecule has 0 radical (unpaired) electrons. The van der Waals surface area contributed by atoms with Crippen molar-refractivity contribution in [1.82, 2.24) is 14.7 Å². The second-order valence-electron chi connectivity index (χ2n) is 6.95. The number of thiazole rings is 1. The number of nitrogens with zero attached hydrogens (tertiary/aromatic N) is 2. The molecule has 3 nitrogen and oxygen atoms in total. The lowest BCUT2D eigenvalue weighted by atomic mass is 9.83. The van der Waals surface area contributed by atoms with Crippen LogP contribution in [0.5, 0.6) is 0 Å². The SMILES string of the molecule is CCNC(Cc1cn2ccsc2n1)CC1CC2CCC1C2. The molecule has 4 rings (SSSR count). The van der Waals surface area contributed by atoms with Crippen molar-refractivity contribution in [2.24, 2.45) is 17.8 Å². The van der Waals surface area contributed by atoms with Crippen LogP contribution in [0.25, 0.3) is 4.96 Å². The summed E-state index contributed by atoms with van der Waals surface area (Å²) in [4.78, 5) is 5.88. The Labute approximate surface area is 130 Å². The zero-order valence-electron chi connectivity index (χ0n) is 12.8. The third-order valence-corrected chi connectivity index (χ3v) is 6.33. The molecule has 2 aromatic rings. The van der Waals surface area contributed by atoms with Gasteiger partial charge in [0, 0.05) is 30.2 Å². The number of nitrogens with one attached hydrogen (secondary N) is 1. The van der Waals surface area contributed by atoms with Crippen molar-refractivity contribution >= 4 is 16.3 Å². The minimum absolute atomic E-state index is 0.601. The van der Waals surface area contributed by atoms with Crippen LogP contribution in [0.15, 0.2) is 17.8 Å². The van der Waals surface area contributed by atoms with E-state index in [4.69, 9.17) is 4.98 Å². The maximum absolute atomic E-state index is 4.76. The molecular formula is C17H25N3S. The van der Waals surface area contributed by atoms with Crippen LogP contribution in [0.3, 0.4) is 0 Å². The van der Waals surface area contributed by atoms with Gasteiger partial charge in [0.1, 0.15) is 0 Å². The molecule has 2 saturated carbocycles. The summed E-state index contributed by atoms with van der Waals surface area (Å²) in [7, 11) is 0. The smallest absolute Gasteiger partial charge is 0.193 e. The largest absolute Gasteiger partial charge is 0.314 e. The van der Waals surface area contributed by atoms with E-state index in [-0.39, 0.29) is 0 Å². The summed E-state index contributed by atoms with van der Waals surface area (Å²) in [5, 5.41) is 5.81. The summed E-state index contributed by atoms with van der Waals surface area (Å²) >= 11 is 1.72. The Morgan fingerprint density at radius 3 is 3.10 bits per heavy atom. The van der Waals surface area contributed by atoms with Gasteiger partial charge in [0.25, 0.3) is 0 Å². The van der Waals surface area contributed by atoms with Crippen LogP contribution in [-0.4, -0.2) is 22.0 Å². The highest BCUT2D eigenvalue weighted by Gasteiger charge is 2.40. The normalized spacial score (nSPS) is 29.5. The van der Waals surface area contributed by atoms with Crippen LogP contribution >= 0.6 is 11.3 Å². The molecule has 2 aliphatic carbocycles. The fourth-order valence-electron chi connectivity index (χ4n) is 4.68. The van der Waals surface area contributed by atoms with Crippen molar-refractivity contribution in [2.45, 2.75) is 51.5 Å². The van der Waals surface area contributed by atoms with Gasteiger partial charge in [-0.2, -0.15) is 0 Å². The first-order valence-electron chi connectivity index (χ1n) is 8.46. The molecule has 0 spiro atoms. The van der Waals surface area contributed by atoms with Crippen molar-refractivity contribution in [3.05, 3.63) is 23.5 Å². The quantitative estimate of drug-likeness (QED) is 0.881. The molecule has 2 bridgehead atoms. The second-order valence-corrected chi connectivity index (χ2v) is 7.83. The van der Waals surface area contributed by atoms with Crippen LogP contribution in [0, 0.1) is 17.8 Å². The Balaban J connectivity index is 1.42. The van der Waals surface area contributed by atoms with E-state index in [1.807, 2.05) is 0 Å². The molecule has 2 aromatic heterocycles. The molecule has 2 aliphatic rings. The van der Waals surface area contributed by atoms with E-state index < -0.39 is 0 Å². The van der Waals surface area contributed by atoms with E-state index in [9.17, 15) is 0 Å². The molecule has 21 heavy (non-hydrogen) atoms. The van der Waals surface area contributed by atoms with Crippen LogP contribution < -0.4 is 5.32 Å². The van der Waals surface area contributed by atoms with E-state index >= 15 is 0 Å². The molecule has 4 atom stereocenters. The third kappa shape index (κ3) is 2.76. The molecule has 0 aromatic carbocycles. The zero-order valence-corrected chi connectivity index (χ0v) is 13.6. The highest BCUT2D eigenvalue weighted by atomic mass is 32.1. The Morgan fingerprint density at radius 1 is 1.43 bits per heavy atom. The molecule has 4 heteroatoms. The molecule has 0 aliphatic heterocycles. The number of aromatic nitrogens is 2. The molecule has 2 heterocycles. The zero-order chi connectivity index (χ0) is 14.2. The fourth-order valence-corrected chi connectivity index (χ4v) is 5.40. The van der Waals surface area contributed by atoms with Gasteiger partial charge in [0.15, 0.2) is 4.96 Å². The molecular weight excluding hydrogens is 278 g/mol. The second kappa shape index (κ2) is 5.73. The van der Waals surface area contributed by atoms with Crippen molar-refractivity contribution in [3.63, 3.8) is 0 Å². The van der Waals surface area contributed by atoms with Crippen molar-refractivity contribution in [2.75, 3.05) is 6.54 Å². The number of imidazole rings is 1. The van der Waals surface area contributed by atoms with E-state index in [0.29, 0.717) is 6.04 Å². The Kier molecular flexibility index (Phi) is 3.76. The van der Waals surface area contributed by atoms with Gasteiger partial charge in [0.05, 0.1) is 5.69 Å². The standard InChI is InChI=1S/C17H25N3S/c1-2-18-15(9-14-8-12-3-4-13(14)7-12)10-16-11-20-5-6-21-17(20)19-16/h5-6,11-15,18H,2-4,7-10H2,1H3. The van der Waals surface area contributed by atoms with Gasteiger partial charge >= 0.3 is 0 Å². The van der Waals surface area contributed by atoms with Gasteiger partial charge in [-0.3, -0.25) is 4.40 Å². The highest BCUT2D eigenvalue weighted by molar-refractivity contribution is 7.15. The Bertz CT molecular complexity index is 573. The van der Waals surface area contributed by atoms with E-state index in [0.717, 1.165) is 35.7 Å². The van der Waals surface area contributed by atoms with Crippen LogP contribution in [0.1, 0.15) is 44.7 Å². The number of hydrogen-bond donors (Lipinski definition) is 1. The summed E-state index contributed by atoms with van der Waals surface area (Å²) in [5.41, 5.74) is 1.25. The van der Waals surface area contributed by atoms with Gasteiger partial charge in [0.2, 0.25) is 0 Å². The Hall–Kier alpha value is -0.870.